The van der Waals surface area contributed by atoms with E-state index in [9.17, 15) is 14.4 Å². The quantitative estimate of drug-likeness (QED) is 0.490. The van der Waals surface area contributed by atoms with Crippen molar-refractivity contribution >= 4 is 46.1 Å². The summed E-state index contributed by atoms with van der Waals surface area (Å²) < 4.78 is 0. The molecule has 1 aromatic carbocycles. The second kappa shape index (κ2) is 10.8. The molecule has 2 heterocycles. The van der Waals surface area contributed by atoms with Crippen molar-refractivity contribution in [3.05, 3.63) is 74.6 Å². The average molecular weight is 482 g/mol. The van der Waals surface area contributed by atoms with Crippen LogP contribution < -0.4 is 15.5 Å². The summed E-state index contributed by atoms with van der Waals surface area (Å²) >= 11 is 2.76. The van der Waals surface area contributed by atoms with Gasteiger partial charge in [0.1, 0.15) is 6.04 Å². The van der Waals surface area contributed by atoms with E-state index in [1.165, 1.54) is 27.6 Å². The van der Waals surface area contributed by atoms with Crippen LogP contribution >= 0.6 is 22.7 Å². The number of nitrogens with zero attached hydrogens (tertiary/aromatic N) is 1. The third-order valence-corrected chi connectivity index (χ3v) is 7.51. The zero-order valence-electron chi connectivity index (χ0n) is 18.5. The van der Waals surface area contributed by atoms with Gasteiger partial charge in [-0.3, -0.25) is 19.3 Å². The lowest BCUT2D eigenvalue weighted by Crippen LogP contribution is -2.49. The van der Waals surface area contributed by atoms with Crippen LogP contribution in [0.2, 0.25) is 0 Å². The minimum absolute atomic E-state index is 0.132. The summed E-state index contributed by atoms with van der Waals surface area (Å²) in [5.41, 5.74) is 1.61. The molecule has 0 spiro atoms. The maximum Gasteiger partial charge on any atom is 0.261 e. The van der Waals surface area contributed by atoms with E-state index in [-0.39, 0.29) is 30.3 Å². The lowest BCUT2D eigenvalue weighted by atomic mass is 10.1. The number of nitrogens with one attached hydrogen (secondary N) is 2. The first kappa shape index (κ1) is 23.2. The Hall–Kier alpha value is -2.97. The predicted octanol–water partition coefficient (Wildman–Crippen LogP) is 4.68. The summed E-state index contributed by atoms with van der Waals surface area (Å²) in [6.45, 7) is 1.74. The van der Waals surface area contributed by atoms with E-state index < -0.39 is 6.04 Å². The number of carbonyl (C=O) groups excluding carboxylic acids is 3. The molecule has 33 heavy (non-hydrogen) atoms. The summed E-state index contributed by atoms with van der Waals surface area (Å²) in [4.78, 5) is 42.4. The van der Waals surface area contributed by atoms with Gasteiger partial charge in [-0.25, -0.2) is 0 Å². The molecule has 172 valence electrons. The van der Waals surface area contributed by atoms with E-state index in [1.54, 1.807) is 12.1 Å². The number of anilines is 1. The molecule has 1 aliphatic carbocycles. The molecule has 3 aromatic rings. The maximum absolute atomic E-state index is 13.5. The van der Waals surface area contributed by atoms with Crippen LogP contribution in [0.5, 0.6) is 0 Å². The van der Waals surface area contributed by atoms with Gasteiger partial charge in [-0.1, -0.05) is 37.1 Å². The smallest absolute Gasteiger partial charge is 0.261 e. The SMILES string of the molecule is Cc1cccc(N(C(=O)CNC(=O)c2cccs2)[C@H](C(=O)NC2CCCC2)c2cccs2)c1. The minimum Gasteiger partial charge on any atom is -0.351 e. The zero-order chi connectivity index (χ0) is 23.2. The summed E-state index contributed by atoms with van der Waals surface area (Å²) in [6.07, 6.45) is 4.12. The number of thiophene rings is 2. The van der Waals surface area contributed by atoms with Crippen LogP contribution in [-0.4, -0.2) is 30.3 Å². The number of benzene rings is 1. The second-order valence-corrected chi connectivity index (χ2v) is 10.1. The molecular formula is C25H27N3O3S2. The van der Waals surface area contributed by atoms with Crippen LogP contribution in [0.15, 0.2) is 59.3 Å². The summed E-state index contributed by atoms with van der Waals surface area (Å²) in [5, 5.41) is 9.60. The van der Waals surface area contributed by atoms with Gasteiger partial charge in [-0.2, -0.15) is 0 Å². The fraction of sp³-hybridized carbons (Fsp3) is 0.320. The molecule has 0 bridgehead atoms. The molecule has 1 fully saturated rings. The fourth-order valence-corrected chi connectivity index (χ4v) is 5.57. The van der Waals surface area contributed by atoms with E-state index in [1.807, 2.05) is 54.1 Å². The molecule has 3 amide bonds. The standard InChI is InChI=1S/C25H27N3O3S2/c1-17-7-4-10-19(15-17)28(22(29)16-26-24(30)21-12-6-14-33-21)23(20-11-5-13-32-20)25(31)27-18-8-2-3-9-18/h4-7,10-15,18,23H,2-3,8-9,16H2,1H3,(H,26,30)(H,27,31)/t23-/m0/s1. The molecule has 1 atom stereocenters. The van der Waals surface area contributed by atoms with Gasteiger partial charge in [0.15, 0.2) is 0 Å². The fourth-order valence-electron chi connectivity index (χ4n) is 4.12. The number of hydrogen-bond acceptors (Lipinski definition) is 5. The number of hydrogen-bond donors (Lipinski definition) is 2. The van der Waals surface area contributed by atoms with E-state index in [0.29, 0.717) is 10.6 Å². The monoisotopic (exact) mass is 481 g/mol. The Labute approximate surface area is 201 Å². The maximum atomic E-state index is 13.5. The first-order valence-electron chi connectivity index (χ1n) is 11.1. The van der Waals surface area contributed by atoms with Crippen LogP contribution in [-0.2, 0) is 9.59 Å². The number of amides is 3. The predicted molar refractivity (Wildman–Crippen MR) is 133 cm³/mol. The van der Waals surface area contributed by atoms with Crippen molar-refractivity contribution in [3.63, 3.8) is 0 Å². The number of carbonyl (C=O) groups is 3. The molecule has 0 radical (unpaired) electrons. The van der Waals surface area contributed by atoms with Crippen molar-refractivity contribution in [2.24, 2.45) is 0 Å². The van der Waals surface area contributed by atoms with Gasteiger partial charge in [0, 0.05) is 16.6 Å². The zero-order valence-corrected chi connectivity index (χ0v) is 20.1. The molecule has 1 saturated carbocycles. The van der Waals surface area contributed by atoms with Gasteiger partial charge in [-0.15, -0.1) is 22.7 Å². The van der Waals surface area contributed by atoms with E-state index >= 15 is 0 Å². The Morgan fingerprint density at radius 1 is 1.03 bits per heavy atom. The molecule has 8 heteroatoms. The Morgan fingerprint density at radius 2 is 1.79 bits per heavy atom. The largest absolute Gasteiger partial charge is 0.351 e. The molecule has 6 nitrogen and oxygen atoms in total. The van der Waals surface area contributed by atoms with Crippen LogP contribution in [0, 0.1) is 6.92 Å². The molecule has 4 rings (SSSR count). The van der Waals surface area contributed by atoms with Crippen LogP contribution in [0.1, 0.15) is 51.8 Å². The van der Waals surface area contributed by atoms with Crippen LogP contribution in [0.3, 0.4) is 0 Å². The lowest BCUT2D eigenvalue weighted by molar-refractivity contribution is -0.126. The highest BCUT2D eigenvalue weighted by atomic mass is 32.1. The van der Waals surface area contributed by atoms with Crippen LogP contribution in [0.4, 0.5) is 5.69 Å². The highest BCUT2D eigenvalue weighted by molar-refractivity contribution is 7.12. The van der Waals surface area contributed by atoms with Crippen molar-refractivity contribution in [1.29, 1.82) is 0 Å². The second-order valence-electron chi connectivity index (χ2n) is 8.17. The van der Waals surface area contributed by atoms with E-state index in [0.717, 1.165) is 36.1 Å². The van der Waals surface area contributed by atoms with Crippen molar-refractivity contribution < 1.29 is 14.4 Å². The van der Waals surface area contributed by atoms with Gasteiger partial charge >= 0.3 is 0 Å². The summed E-state index contributed by atoms with van der Waals surface area (Å²) in [5.74, 6) is -0.833. The normalized spacial score (nSPS) is 14.6. The minimum atomic E-state index is -0.807. The third-order valence-electron chi connectivity index (χ3n) is 5.71. The summed E-state index contributed by atoms with van der Waals surface area (Å²) in [6, 6.07) is 14.1. The first-order valence-corrected chi connectivity index (χ1v) is 12.8. The molecular weight excluding hydrogens is 454 g/mol. The molecule has 0 aliphatic heterocycles. The van der Waals surface area contributed by atoms with E-state index in [4.69, 9.17) is 0 Å². The topological polar surface area (TPSA) is 78.5 Å². The van der Waals surface area contributed by atoms with Gasteiger partial charge in [0.25, 0.3) is 5.91 Å². The highest BCUT2D eigenvalue weighted by Gasteiger charge is 2.35. The Balaban J connectivity index is 1.63. The number of rotatable bonds is 8. The lowest BCUT2D eigenvalue weighted by Gasteiger charge is -2.31. The first-order chi connectivity index (χ1) is 16.0. The van der Waals surface area contributed by atoms with Gasteiger partial charge in [0.05, 0.1) is 11.4 Å². The molecule has 2 N–H and O–H groups in total. The third kappa shape index (κ3) is 5.69. The number of aryl methyl sites for hydroxylation is 1. The Kier molecular flexibility index (Phi) is 7.57. The summed E-state index contributed by atoms with van der Waals surface area (Å²) in [7, 11) is 0. The average Bonchev–Trinajstić information content (AvgIpc) is 3.58. The van der Waals surface area contributed by atoms with Crippen molar-refractivity contribution in [2.75, 3.05) is 11.4 Å². The van der Waals surface area contributed by atoms with Gasteiger partial charge in [0.2, 0.25) is 11.8 Å². The molecule has 1 aliphatic rings. The molecule has 0 unspecified atom stereocenters. The van der Waals surface area contributed by atoms with Crippen LogP contribution in [0.25, 0.3) is 0 Å². The van der Waals surface area contributed by atoms with E-state index in [2.05, 4.69) is 10.6 Å². The van der Waals surface area contributed by atoms with Crippen molar-refractivity contribution in [3.8, 4) is 0 Å². The van der Waals surface area contributed by atoms with Gasteiger partial charge < -0.3 is 10.6 Å². The Morgan fingerprint density at radius 3 is 2.45 bits per heavy atom. The highest BCUT2D eigenvalue weighted by Crippen LogP contribution is 2.32. The van der Waals surface area contributed by atoms with Crippen molar-refractivity contribution in [1.82, 2.24) is 10.6 Å². The van der Waals surface area contributed by atoms with Crippen molar-refractivity contribution in [2.45, 2.75) is 44.7 Å². The molecule has 0 saturated heterocycles. The molecule has 2 aromatic heterocycles. The Bertz CT molecular complexity index is 1090. The van der Waals surface area contributed by atoms with Gasteiger partial charge in [-0.05, 0) is 60.4 Å².